The lowest BCUT2D eigenvalue weighted by Gasteiger charge is -2.12. The van der Waals surface area contributed by atoms with Gasteiger partial charge >= 0.3 is 0 Å². The number of Topliss-reactive ketones (excluding diaryl/α,β-unsaturated/α-hetero) is 1. The Hall–Kier alpha value is -2.50. The van der Waals surface area contributed by atoms with Crippen molar-refractivity contribution in [3.63, 3.8) is 0 Å². The number of carbonyl (C=O) groups excluding carboxylic acids is 1. The first-order valence-corrected chi connectivity index (χ1v) is 12.1. The minimum absolute atomic E-state index is 0.148. The van der Waals surface area contributed by atoms with Crippen molar-refractivity contribution in [3.8, 4) is 0 Å². The third-order valence-electron chi connectivity index (χ3n) is 5.13. The topological polar surface area (TPSA) is 147 Å². The van der Waals surface area contributed by atoms with Gasteiger partial charge in [-0.3, -0.25) is 4.79 Å². The van der Waals surface area contributed by atoms with Crippen molar-refractivity contribution >= 4 is 44.6 Å². The highest BCUT2D eigenvalue weighted by Crippen LogP contribution is 2.36. The van der Waals surface area contributed by atoms with E-state index in [9.17, 15) is 13.2 Å². The molecule has 0 spiro atoms. The summed E-state index contributed by atoms with van der Waals surface area (Å²) in [5.41, 5.74) is 9.98. The Labute approximate surface area is 178 Å². The van der Waals surface area contributed by atoms with Gasteiger partial charge in [0.15, 0.2) is 27.9 Å². The molecule has 3 aromatic rings. The number of fused-ring (bicyclic) bond motifs is 2. The number of hydrogen-bond donors (Lipinski definition) is 2. The lowest BCUT2D eigenvalue weighted by atomic mass is 10.0. The summed E-state index contributed by atoms with van der Waals surface area (Å²) < 4.78 is 24.5. The number of carbonyl (C=O) groups is 1. The molecule has 0 fully saturated rings. The fourth-order valence-corrected chi connectivity index (χ4v) is 5.30. The number of benzene rings is 1. The largest absolute Gasteiger partial charge is 0.382 e. The normalized spacial score (nSPS) is 13.9. The second-order valence-electron chi connectivity index (χ2n) is 7.19. The summed E-state index contributed by atoms with van der Waals surface area (Å²) >= 11 is 1.42. The van der Waals surface area contributed by atoms with Gasteiger partial charge in [-0.05, 0) is 36.5 Å². The Morgan fingerprint density at radius 1 is 1.23 bits per heavy atom. The van der Waals surface area contributed by atoms with E-state index in [2.05, 4.69) is 27.9 Å². The summed E-state index contributed by atoms with van der Waals surface area (Å²) in [5.74, 6) is 0.267. The third-order valence-corrected chi connectivity index (χ3v) is 7.08. The molecule has 0 radical (unpaired) electrons. The van der Waals surface area contributed by atoms with Gasteiger partial charge < -0.3 is 10.3 Å². The first-order chi connectivity index (χ1) is 14.3. The average molecular weight is 447 g/mol. The molecular weight excluding hydrogens is 424 g/mol. The minimum Gasteiger partial charge on any atom is -0.382 e. The quantitative estimate of drug-likeness (QED) is 0.559. The third kappa shape index (κ3) is 4.05. The van der Waals surface area contributed by atoms with Crippen LogP contribution in [0.15, 0.2) is 28.5 Å². The Bertz CT molecular complexity index is 1250. The lowest BCUT2D eigenvalue weighted by Crippen LogP contribution is -2.18. The maximum absolute atomic E-state index is 12.2. The zero-order valence-corrected chi connectivity index (χ0v) is 18.1. The summed E-state index contributed by atoms with van der Waals surface area (Å²) in [6.07, 6.45) is 3.81. The molecule has 1 aliphatic rings. The maximum atomic E-state index is 12.2. The predicted octanol–water partition coefficient (Wildman–Crippen LogP) is 1.93. The molecule has 1 aliphatic carbocycles. The molecule has 1 aromatic carbocycles. The molecule has 0 atom stereocenters. The minimum atomic E-state index is -3.57. The lowest BCUT2D eigenvalue weighted by molar-refractivity contribution is 0.0994. The van der Waals surface area contributed by atoms with Gasteiger partial charge in [-0.2, -0.15) is 0 Å². The molecule has 4 N–H and O–H groups in total. The van der Waals surface area contributed by atoms with Crippen LogP contribution < -0.4 is 10.9 Å². The highest BCUT2D eigenvalue weighted by atomic mass is 32.2. The fourth-order valence-electron chi connectivity index (χ4n) is 3.63. The van der Waals surface area contributed by atoms with E-state index in [1.165, 1.54) is 18.1 Å². The zero-order chi connectivity index (χ0) is 21.5. The van der Waals surface area contributed by atoms with Crippen molar-refractivity contribution in [1.29, 1.82) is 0 Å². The molecule has 11 heteroatoms. The summed E-state index contributed by atoms with van der Waals surface area (Å²) in [6.45, 7) is 2.43. The van der Waals surface area contributed by atoms with Crippen molar-refractivity contribution in [2.75, 3.05) is 11.5 Å². The Morgan fingerprint density at radius 2 is 2.03 bits per heavy atom. The van der Waals surface area contributed by atoms with Crippen molar-refractivity contribution in [1.82, 2.24) is 19.5 Å². The van der Waals surface area contributed by atoms with Crippen molar-refractivity contribution in [2.24, 2.45) is 5.14 Å². The van der Waals surface area contributed by atoms with Crippen LogP contribution in [0.4, 0.5) is 5.82 Å². The predicted molar refractivity (Wildman–Crippen MR) is 115 cm³/mol. The number of rotatable bonds is 7. The fraction of sp³-hybridized carbons (Fsp3) is 0.368. The van der Waals surface area contributed by atoms with E-state index in [4.69, 9.17) is 10.9 Å². The Morgan fingerprint density at radius 3 is 2.77 bits per heavy atom. The molecule has 0 bridgehead atoms. The van der Waals surface area contributed by atoms with Gasteiger partial charge in [-0.1, -0.05) is 24.8 Å². The van der Waals surface area contributed by atoms with Crippen LogP contribution in [0.5, 0.6) is 0 Å². The van der Waals surface area contributed by atoms with Crippen LogP contribution in [-0.4, -0.2) is 39.5 Å². The number of aromatic nitrogens is 4. The van der Waals surface area contributed by atoms with E-state index < -0.39 is 10.0 Å². The highest BCUT2D eigenvalue weighted by Gasteiger charge is 2.23. The van der Waals surface area contributed by atoms with E-state index in [1.54, 1.807) is 0 Å². The number of anilines is 1. The smallest absolute Gasteiger partial charge is 0.209 e. The summed E-state index contributed by atoms with van der Waals surface area (Å²) in [5, 5.41) is 5.76. The van der Waals surface area contributed by atoms with Gasteiger partial charge in [0, 0.05) is 23.4 Å². The number of nitrogens with two attached hydrogens (primary N) is 2. The molecule has 0 amide bonds. The van der Waals surface area contributed by atoms with Gasteiger partial charge in [0.25, 0.3) is 0 Å². The number of sulfonamides is 1. The standard InChI is InChI=1S/C19H22N6O3S2/c1-2-11-8-12-4-5-14(26)13(12)9-15(11)29-19-24-16-17(20)22-10-23-18(16)25(19)6-3-7-30(21,27)28/h8-10H,2-7H2,1H3,(H2,20,22,23)(H2,21,27,28). The van der Waals surface area contributed by atoms with Gasteiger partial charge in [0.1, 0.15) is 6.33 Å². The van der Waals surface area contributed by atoms with Crippen LogP contribution in [0.2, 0.25) is 0 Å². The van der Waals surface area contributed by atoms with Gasteiger partial charge in [-0.25, -0.2) is 28.5 Å². The SMILES string of the molecule is CCc1cc2c(cc1Sc1nc3c(N)ncnc3n1CCCS(N)(=O)=O)C(=O)CC2. The molecule has 158 valence electrons. The van der Waals surface area contributed by atoms with Gasteiger partial charge in [0.05, 0.1) is 5.75 Å². The highest BCUT2D eigenvalue weighted by molar-refractivity contribution is 7.99. The summed E-state index contributed by atoms with van der Waals surface area (Å²) in [6, 6.07) is 4.04. The summed E-state index contributed by atoms with van der Waals surface area (Å²) in [4.78, 5) is 26.1. The van der Waals surface area contributed by atoms with Crippen LogP contribution in [0, 0.1) is 0 Å². The van der Waals surface area contributed by atoms with E-state index in [0.29, 0.717) is 35.7 Å². The summed E-state index contributed by atoms with van der Waals surface area (Å²) in [7, 11) is -3.57. The van der Waals surface area contributed by atoms with Crippen LogP contribution in [0.1, 0.15) is 41.3 Å². The Balaban J connectivity index is 1.75. The molecule has 0 saturated heterocycles. The van der Waals surface area contributed by atoms with E-state index >= 15 is 0 Å². The molecule has 0 saturated carbocycles. The molecule has 0 unspecified atom stereocenters. The van der Waals surface area contributed by atoms with E-state index in [-0.39, 0.29) is 17.4 Å². The number of ketones is 1. The van der Waals surface area contributed by atoms with Gasteiger partial charge in [0.2, 0.25) is 10.0 Å². The first-order valence-electron chi connectivity index (χ1n) is 9.61. The molecule has 2 heterocycles. The maximum Gasteiger partial charge on any atom is 0.209 e. The van der Waals surface area contributed by atoms with Crippen molar-refractivity contribution in [2.45, 2.75) is 49.2 Å². The molecule has 2 aromatic heterocycles. The first kappa shape index (κ1) is 20.8. The second-order valence-corrected chi connectivity index (χ2v) is 9.94. The second kappa shape index (κ2) is 7.97. The molecule has 4 rings (SSSR count). The van der Waals surface area contributed by atoms with Crippen molar-refractivity contribution < 1.29 is 13.2 Å². The number of primary sulfonamides is 1. The number of imidazole rings is 1. The van der Waals surface area contributed by atoms with Crippen LogP contribution in [0.3, 0.4) is 0 Å². The van der Waals surface area contributed by atoms with E-state index in [1.807, 2.05) is 10.6 Å². The monoisotopic (exact) mass is 446 g/mol. The molecule has 30 heavy (non-hydrogen) atoms. The van der Waals surface area contributed by atoms with Crippen molar-refractivity contribution in [3.05, 3.63) is 35.2 Å². The van der Waals surface area contributed by atoms with Crippen LogP contribution in [-0.2, 0) is 29.4 Å². The van der Waals surface area contributed by atoms with Crippen LogP contribution in [0.25, 0.3) is 11.2 Å². The van der Waals surface area contributed by atoms with Crippen LogP contribution >= 0.6 is 11.8 Å². The molecule has 0 aliphatic heterocycles. The van der Waals surface area contributed by atoms with E-state index in [0.717, 1.165) is 34.4 Å². The molecule has 9 nitrogen and oxygen atoms in total. The molecular formula is C19H22N6O3S2. The number of nitrogen functional groups attached to an aromatic ring is 1. The van der Waals surface area contributed by atoms with Gasteiger partial charge in [-0.15, -0.1) is 0 Å². The number of aryl methyl sites for hydroxylation is 3. The average Bonchev–Trinajstić information content (AvgIpc) is 3.22. The Kier molecular flexibility index (Phi) is 5.51. The number of hydrogen-bond acceptors (Lipinski definition) is 8. The number of nitrogens with zero attached hydrogens (tertiary/aromatic N) is 4. The zero-order valence-electron chi connectivity index (χ0n) is 16.5.